The van der Waals surface area contributed by atoms with Gasteiger partial charge in [-0.05, 0) is 65.0 Å². The number of fused-ring (bicyclic) bond motifs is 1. The molecule has 3 nitrogen and oxygen atoms in total. The molecule has 2 atom stereocenters. The van der Waals surface area contributed by atoms with Gasteiger partial charge in [-0.1, -0.05) is 78.6 Å². The highest BCUT2D eigenvalue weighted by Gasteiger charge is 2.21. The minimum Gasteiger partial charge on any atom is -0.491 e. The third kappa shape index (κ3) is 7.59. The summed E-state index contributed by atoms with van der Waals surface area (Å²) < 4.78 is 5.88. The lowest BCUT2D eigenvalue weighted by Gasteiger charge is -2.26. The molecule has 0 aliphatic rings. The topological polar surface area (TPSA) is 49.7 Å². The van der Waals surface area contributed by atoms with Crippen molar-refractivity contribution in [3.63, 3.8) is 0 Å². The molecule has 0 amide bonds. The van der Waals surface area contributed by atoms with Crippen molar-refractivity contribution in [2.75, 3.05) is 6.61 Å². The van der Waals surface area contributed by atoms with Crippen LogP contribution in [0.1, 0.15) is 79.2 Å². The summed E-state index contributed by atoms with van der Waals surface area (Å²) in [7, 11) is 0. The molecule has 2 unspecified atom stereocenters. The fraction of sp³-hybridized carbons (Fsp3) is 0.630. The van der Waals surface area contributed by atoms with E-state index in [4.69, 9.17) is 4.74 Å². The highest BCUT2D eigenvalue weighted by Crippen LogP contribution is 2.30. The zero-order valence-corrected chi connectivity index (χ0v) is 19.9. The first-order chi connectivity index (χ1) is 14.0. The molecule has 0 aliphatic carbocycles. The molecule has 0 heterocycles. The van der Waals surface area contributed by atoms with Crippen LogP contribution >= 0.6 is 0 Å². The van der Waals surface area contributed by atoms with Crippen LogP contribution < -0.4 is 4.74 Å². The highest BCUT2D eigenvalue weighted by molar-refractivity contribution is 5.87. The number of hydrogen-bond acceptors (Lipinski definition) is 3. The van der Waals surface area contributed by atoms with Crippen LogP contribution in [0, 0.1) is 10.8 Å². The smallest absolute Gasteiger partial charge is 0.120 e. The Balaban J connectivity index is 2.00. The quantitative estimate of drug-likeness (QED) is 0.415. The molecule has 30 heavy (non-hydrogen) atoms. The van der Waals surface area contributed by atoms with Gasteiger partial charge in [0.1, 0.15) is 12.4 Å². The van der Waals surface area contributed by atoms with Crippen LogP contribution in [0.2, 0.25) is 0 Å². The van der Waals surface area contributed by atoms with E-state index in [0.717, 1.165) is 49.7 Å². The summed E-state index contributed by atoms with van der Waals surface area (Å²) in [6.45, 7) is 13.4. The first kappa shape index (κ1) is 24.7. The summed E-state index contributed by atoms with van der Waals surface area (Å²) in [5, 5.41) is 23.1. The van der Waals surface area contributed by atoms with E-state index in [-0.39, 0.29) is 16.9 Å². The Morgan fingerprint density at radius 1 is 0.867 bits per heavy atom. The molecule has 168 valence electrons. The minimum absolute atomic E-state index is 0.123. The van der Waals surface area contributed by atoms with E-state index in [1.807, 2.05) is 12.1 Å². The van der Waals surface area contributed by atoms with E-state index in [1.165, 1.54) is 10.9 Å². The SMILES string of the molecule is CCC(C)(C)CC(O)CCc1cccc2cc(OCC(O)CC(C)(C)CC)ccc12. The van der Waals surface area contributed by atoms with Gasteiger partial charge in [-0.3, -0.25) is 0 Å². The summed E-state index contributed by atoms with van der Waals surface area (Å²) in [4.78, 5) is 0. The van der Waals surface area contributed by atoms with Crippen LogP contribution in [-0.2, 0) is 6.42 Å². The van der Waals surface area contributed by atoms with Gasteiger partial charge in [0, 0.05) is 0 Å². The van der Waals surface area contributed by atoms with E-state index in [1.54, 1.807) is 0 Å². The maximum absolute atomic E-state index is 10.5. The van der Waals surface area contributed by atoms with Crippen molar-refractivity contribution in [1.29, 1.82) is 0 Å². The molecule has 0 aromatic heterocycles. The second-order valence-electron chi connectivity index (χ2n) is 10.4. The van der Waals surface area contributed by atoms with Gasteiger partial charge in [-0.25, -0.2) is 0 Å². The Morgan fingerprint density at radius 2 is 1.50 bits per heavy atom. The molecule has 2 aromatic carbocycles. The third-order valence-corrected chi connectivity index (χ3v) is 6.62. The van der Waals surface area contributed by atoms with E-state index in [9.17, 15) is 10.2 Å². The van der Waals surface area contributed by atoms with Crippen molar-refractivity contribution >= 4 is 10.8 Å². The van der Waals surface area contributed by atoms with Crippen LogP contribution in [0.25, 0.3) is 10.8 Å². The fourth-order valence-electron chi connectivity index (χ4n) is 3.88. The molecule has 0 spiro atoms. The Morgan fingerprint density at radius 3 is 2.13 bits per heavy atom. The summed E-state index contributed by atoms with van der Waals surface area (Å²) in [5.41, 5.74) is 1.57. The van der Waals surface area contributed by atoms with Gasteiger partial charge in [0.2, 0.25) is 0 Å². The van der Waals surface area contributed by atoms with Gasteiger partial charge in [0.15, 0.2) is 0 Å². The van der Waals surface area contributed by atoms with Crippen molar-refractivity contribution in [1.82, 2.24) is 0 Å². The maximum atomic E-state index is 10.5. The van der Waals surface area contributed by atoms with Crippen LogP contribution in [0.15, 0.2) is 36.4 Å². The van der Waals surface area contributed by atoms with Crippen molar-refractivity contribution < 1.29 is 14.9 Å². The van der Waals surface area contributed by atoms with Crippen molar-refractivity contribution in [3.05, 3.63) is 42.0 Å². The molecular weight excluding hydrogens is 372 g/mol. The molecule has 0 aliphatic heterocycles. The normalized spacial score (nSPS) is 14.7. The molecular formula is C27H42O3. The maximum Gasteiger partial charge on any atom is 0.120 e. The van der Waals surface area contributed by atoms with E-state index in [0.29, 0.717) is 6.61 Å². The first-order valence-corrected chi connectivity index (χ1v) is 11.6. The number of aryl methyl sites for hydroxylation is 1. The number of aliphatic hydroxyl groups is 2. The van der Waals surface area contributed by atoms with Gasteiger partial charge in [0.05, 0.1) is 12.2 Å². The van der Waals surface area contributed by atoms with Gasteiger partial charge < -0.3 is 14.9 Å². The number of aliphatic hydroxyl groups excluding tert-OH is 2. The zero-order valence-electron chi connectivity index (χ0n) is 19.9. The predicted molar refractivity (Wildman–Crippen MR) is 127 cm³/mol. The molecule has 0 bridgehead atoms. The van der Waals surface area contributed by atoms with E-state index >= 15 is 0 Å². The average molecular weight is 415 g/mol. The summed E-state index contributed by atoms with van der Waals surface area (Å²) in [6.07, 6.45) is 4.59. The summed E-state index contributed by atoms with van der Waals surface area (Å²) in [6, 6.07) is 12.5. The molecule has 0 saturated heterocycles. The number of benzene rings is 2. The summed E-state index contributed by atoms with van der Waals surface area (Å²) in [5.74, 6) is 0.790. The van der Waals surface area contributed by atoms with Crippen LogP contribution in [-0.4, -0.2) is 29.0 Å². The number of hydrogen-bond donors (Lipinski definition) is 2. The number of ether oxygens (including phenoxy) is 1. The predicted octanol–water partition coefficient (Wildman–Crippen LogP) is 6.53. The molecule has 2 N–H and O–H groups in total. The molecule has 3 heteroatoms. The monoisotopic (exact) mass is 414 g/mol. The van der Waals surface area contributed by atoms with E-state index in [2.05, 4.69) is 65.8 Å². The van der Waals surface area contributed by atoms with Crippen molar-refractivity contribution in [3.8, 4) is 5.75 Å². The Labute approximate surface area is 183 Å². The molecule has 0 fully saturated rings. The lowest BCUT2D eigenvalue weighted by atomic mass is 9.83. The first-order valence-electron chi connectivity index (χ1n) is 11.6. The molecule has 2 rings (SSSR count). The van der Waals surface area contributed by atoms with Crippen molar-refractivity contribution in [2.45, 2.75) is 92.3 Å². The lowest BCUT2D eigenvalue weighted by molar-refractivity contribution is 0.0650. The Bertz CT molecular complexity index is 794. The average Bonchev–Trinajstić information content (AvgIpc) is 2.69. The van der Waals surface area contributed by atoms with Gasteiger partial charge >= 0.3 is 0 Å². The largest absolute Gasteiger partial charge is 0.491 e. The molecule has 2 aromatic rings. The zero-order chi connectivity index (χ0) is 22.4. The second kappa shape index (κ2) is 10.6. The van der Waals surface area contributed by atoms with Gasteiger partial charge in [-0.2, -0.15) is 0 Å². The minimum atomic E-state index is -0.462. The summed E-state index contributed by atoms with van der Waals surface area (Å²) >= 11 is 0. The van der Waals surface area contributed by atoms with E-state index < -0.39 is 6.10 Å². The molecule has 0 saturated carbocycles. The standard InChI is InChI=1S/C27H42O3/c1-7-26(3,4)17-22(28)13-12-20-10-9-11-21-16-24(14-15-25(20)21)30-19-23(29)18-27(5,6)8-2/h9-11,14-16,22-23,28-29H,7-8,12-13,17-19H2,1-6H3. The Kier molecular flexibility index (Phi) is 8.75. The van der Waals surface area contributed by atoms with Gasteiger partial charge in [-0.15, -0.1) is 0 Å². The lowest BCUT2D eigenvalue weighted by Crippen LogP contribution is -2.25. The van der Waals surface area contributed by atoms with Crippen LogP contribution in [0.3, 0.4) is 0 Å². The highest BCUT2D eigenvalue weighted by atomic mass is 16.5. The van der Waals surface area contributed by atoms with Crippen LogP contribution in [0.5, 0.6) is 5.75 Å². The Hall–Kier alpha value is -1.58. The second-order valence-corrected chi connectivity index (χ2v) is 10.4. The number of rotatable bonds is 12. The van der Waals surface area contributed by atoms with Crippen molar-refractivity contribution in [2.24, 2.45) is 10.8 Å². The molecule has 0 radical (unpaired) electrons. The third-order valence-electron chi connectivity index (χ3n) is 6.62. The van der Waals surface area contributed by atoms with Crippen LogP contribution in [0.4, 0.5) is 0 Å². The fourth-order valence-corrected chi connectivity index (χ4v) is 3.88. The van der Waals surface area contributed by atoms with Gasteiger partial charge in [0.25, 0.3) is 0 Å².